The lowest BCUT2D eigenvalue weighted by Gasteiger charge is -2.15. The lowest BCUT2D eigenvalue weighted by molar-refractivity contribution is -0.138. The molecule has 1 N–H and O–H groups in total. The summed E-state index contributed by atoms with van der Waals surface area (Å²) in [6.45, 7) is 3.27. The van der Waals surface area contributed by atoms with E-state index in [9.17, 15) is 18.0 Å². The van der Waals surface area contributed by atoms with Crippen molar-refractivity contribution in [3.63, 3.8) is 0 Å². The number of ether oxygens (including phenoxy) is 1. The van der Waals surface area contributed by atoms with Crippen LogP contribution < -0.4 is 10.3 Å². The summed E-state index contributed by atoms with van der Waals surface area (Å²) in [5.41, 5.74) is -1.07. The Kier molecular flexibility index (Phi) is 4.45. The van der Waals surface area contributed by atoms with Gasteiger partial charge in [-0.2, -0.15) is 18.4 Å². The molecule has 1 aromatic heterocycles. The summed E-state index contributed by atoms with van der Waals surface area (Å²) in [5.74, 6) is -0.288. The number of nitrogens with zero attached hydrogens (tertiary/aromatic N) is 1. The van der Waals surface area contributed by atoms with Crippen molar-refractivity contribution in [3.8, 4) is 22.9 Å². The van der Waals surface area contributed by atoms with Gasteiger partial charge in [-0.1, -0.05) is 6.07 Å². The number of hydrogen-bond acceptors (Lipinski definition) is 3. The number of nitrogens with one attached hydrogen (secondary N) is 1. The molecule has 0 fully saturated rings. The second kappa shape index (κ2) is 6.16. The molecule has 0 spiro atoms. The minimum atomic E-state index is -4.61. The zero-order chi connectivity index (χ0) is 17.2. The number of halogens is 3. The van der Waals surface area contributed by atoms with E-state index in [1.807, 2.05) is 0 Å². The number of rotatable bonds is 3. The minimum Gasteiger partial charge on any atom is -0.493 e. The van der Waals surface area contributed by atoms with Crippen LogP contribution in [0.15, 0.2) is 29.1 Å². The van der Waals surface area contributed by atoms with Gasteiger partial charge in [0.1, 0.15) is 17.4 Å². The van der Waals surface area contributed by atoms with Crippen LogP contribution in [0.5, 0.6) is 5.75 Å². The molecule has 0 bridgehead atoms. The van der Waals surface area contributed by atoms with Crippen LogP contribution in [0, 0.1) is 18.3 Å². The number of pyridine rings is 1. The molecule has 2 rings (SSSR count). The summed E-state index contributed by atoms with van der Waals surface area (Å²) in [5, 5.41) is 9.10. The highest BCUT2D eigenvalue weighted by atomic mass is 19.4. The van der Waals surface area contributed by atoms with Gasteiger partial charge in [0.15, 0.2) is 0 Å². The number of benzene rings is 1. The molecule has 2 aromatic rings. The Labute approximate surface area is 130 Å². The molecule has 0 amide bonds. The largest absolute Gasteiger partial charge is 0.493 e. The van der Waals surface area contributed by atoms with Gasteiger partial charge < -0.3 is 9.72 Å². The fourth-order valence-electron chi connectivity index (χ4n) is 2.23. The average Bonchev–Trinajstić information content (AvgIpc) is 2.46. The number of nitriles is 1. The van der Waals surface area contributed by atoms with Crippen molar-refractivity contribution in [1.82, 2.24) is 4.98 Å². The molecule has 0 saturated carbocycles. The summed E-state index contributed by atoms with van der Waals surface area (Å²) < 4.78 is 44.6. The van der Waals surface area contributed by atoms with E-state index in [-0.39, 0.29) is 29.0 Å². The molecular formula is C16H13F3N2O2. The first kappa shape index (κ1) is 16.6. The molecule has 1 aromatic carbocycles. The van der Waals surface area contributed by atoms with Crippen molar-refractivity contribution in [1.29, 1.82) is 5.26 Å². The second-order valence-electron chi connectivity index (χ2n) is 4.82. The van der Waals surface area contributed by atoms with Crippen LogP contribution in [-0.2, 0) is 6.18 Å². The third-order valence-electron chi connectivity index (χ3n) is 3.18. The van der Waals surface area contributed by atoms with Crippen molar-refractivity contribution in [2.45, 2.75) is 20.0 Å². The molecule has 0 aliphatic carbocycles. The van der Waals surface area contributed by atoms with E-state index in [0.29, 0.717) is 5.69 Å². The highest BCUT2D eigenvalue weighted by Gasteiger charge is 2.35. The van der Waals surface area contributed by atoms with Crippen molar-refractivity contribution in [3.05, 3.63) is 51.4 Å². The van der Waals surface area contributed by atoms with Crippen LogP contribution in [0.2, 0.25) is 0 Å². The molecule has 0 radical (unpaired) electrons. The molecule has 0 saturated heterocycles. The fourth-order valence-corrected chi connectivity index (χ4v) is 2.23. The first-order chi connectivity index (χ1) is 10.8. The standard InChI is InChI=1S/C16H13F3N2O2/c1-3-23-14-5-4-10(7-13(14)16(17,18)19)11-6-9(2)21-15(22)12(11)8-20/h4-7H,3H2,1-2H3,(H,21,22). The van der Waals surface area contributed by atoms with Crippen molar-refractivity contribution in [2.75, 3.05) is 6.61 Å². The smallest absolute Gasteiger partial charge is 0.419 e. The predicted octanol–water partition coefficient (Wildman–Crippen LogP) is 3.64. The number of alkyl halides is 3. The van der Waals surface area contributed by atoms with Crippen LogP contribution >= 0.6 is 0 Å². The zero-order valence-electron chi connectivity index (χ0n) is 12.4. The van der Waals surface area contributed by atoms with Crippen LogP contribution in [0.25, 0.3) is 11.1 Å². The maximum atomic E-state index is 13.2. The average molecular weight is 322 g/mol. The van der Waals surface area contributed by atoms with E-state index in [1.165, 1.54) is 18.2 Å². The van der Waals surface area contributed by atoms with Crippen molar-refractivity contribution >= 4 is 0 Å². The number of aromatic amines is 1. The molecule has 0 unspecified atom stereocenters. The van der Waals surface area contributed by atoms with E-state index in [2.05, 4.69) is 4.98 Å². The highest BCUT2D eigenvalue weighted by molar-refractivity contribution is 5.72. The fraction of sp³-hybridized carbons (Fsp3) is 0.250. The van der Waals surface area contributed by atoms with Gasteiger partial charge in [-0.05, 0) is 37.6 Å². The maximum absolute atomic E-state index is 13.2. The van der Waals surface area contributed by atoms with E-state index < -0.39 is 17.3 Å². The van der Waals surface area contributed by atoms with Crippen LogP contribution in [0.1, 0.15) is 23.7 Å². The molecule has 0 aliphatic rings. The lowest BCUT2D eigenvalue weighted by atomic mass is 9.98. The van der Waals surface area contributed by atoms with Gasteiger partial charge in [0.05, 0.1) is 12.2 Å². The van der Waals surface area contributed by atoms with Crippen LogP contribution in [0.3, 0.4) is 0 Å². The van der Waals surface area contributed by atoms with Gasteiger partial charge in [0, 0.05) is 11.3 Å². The summed E-state index contributed by atoms with van der Waals surface area (Å²) in [6, 6.07) is 6.68. The Morgan fingerprint density at radius 3 is 2.57 bits per heavy atom. The number of aromatic nitrogens is 1. The minimum absolute atomic E-state index is 0.0932. The third kappa shape index (κ3) is 3.37. The van der Waals surface area contributed by atoms with E-state index in [1.54, 1.807) is 19.9 Å². The summed E-state index contributed by atoms with van der Waals surface area (Å²) >= 11 is 0. The monoisotopic (exact) mass is 322 g/mol. The maximum Gasteiger partial charge on any atom is 0.419 e. The molecular weight excluding hydrogens is 309 g/mol. The molecule has 7 heteroatoms. The quantitative estimate of drug-likeness (QED) is 0.938. The van der Waals surface area contributed by atoms with Crippen LogP contribution in [0.4, 0.5) is 13.2 Å². The van der Waals surface area contributed by atoms with Gasteiger partial charge in [-0.25, -0.2) is 0 Å². The normalized spacial score (nSPS) is 11.1. The van der Waals surface area contributed by atoms with Crippen molar-refractivity contribution < 1.29 is 17.9 Å². The highest BCUT2D eigenvalue weighted by Crippen LogP contribution is 2.39. The summed E-state index contributed by atoms with van der Waals surface area (Å²) in [4.78, 5) is 14.2. The van der Waals surface area contributed by atoms with E-state index in [4.69, 9.17) is 10.00 Å². The lowest BCUT2D eigenvalue weighted by Crippen LogP contribution is -2.13. The first-order valence-corrected chi connectivity index (χ1v) is 6.76. The van der Waals surface area contributed by atoms with Crippen LogP contribution in [-0.4, -0.2) is 11.6 Å². The molecule has 1 heterocycles. The van der Waals surface area contributed by atoms with Crippen molar-refractivity contribution in [2.24, 2.45) is 0 Å². The van der Waals surface area contributed by atoms with Gasteiger partial charge in [-0.15, -0.1) is 0 Å². The summed E-state index contributed by atoms with van der Waals surface area (Å²) in [6.07, 6.45) is -4.61. The Morgan fingerprint density at radius 1 is 1.30 bits per heavy atom. The summed E-state index contributed by atoms with van der Waals surface area (Å²) in [7, 11) is 0. The number of hydrogen-bond donors (Lipinski definition) is 1. The molecule has 120 valence electrons. The van der Waals surface area contributed by atoms with Gasteiger partial charge >= 0.3 is 6.18 Å². The number of H-pyrrole nitrogens is 1. The Hall–Kier alpha value is -2.75. The third-order valence-corrected chi connectivity index (χ3v) is 3.18. The Morgan fingerprint density at radius 2 is 2.00 bits per heavy atom. The van der Waals surface area contributed by atoms with Gasteiger partial charge in [0.2, 0.25) is 0 Å². The van der Waals surface area contributed by atoms with Gasteiger partial charge in [0.25, 0.3) is 5.56 Å². The SMILES string of the molecule is CCOc1ccc(-c2cc(C)[nH]c(=O)c2C#N)cc1C(F)(F)F. The molecule has 0 atom stereocenters. The zero-order valence-corrected chi connectivity index (χ0v) is 12.4. The Balaban J connectivity index is 2.72. The molecule has 4 nitrogen and oxygen atoms in total. The topological polar surface area (TPSA) is 65.9 Å². The van der Waals surface area contributed by atoms with E-state index >= 15 is 0 Å². The number of aryl methyl sites for hydroxylation is 1. The Bertz CT molecular complexity index is 833. The van der Waals surface area contributed by atoms with Gasteiger partial charge in [-0.3, -0.25) is 4.79 Å². The molecule has 0 aliphatic heterocycles. The van der Waals surface area contributed by atoms with E-state index in [0.717, 1.165) is 6.07 Å². The second-order valence-corrected chi connectivity index (χ2v) is 4.82. The molecule has 23 heavy (non-hydrogen) atoms. The first-order valence-electron chi connectivity index (χ1n) is 6.76. The predicted molar refractivity (Wildman–Crippen MR) is 78.1 cm³/mol.